The second kappa shape index (κ2) is 7.59. The highest BCUT2D eigenvalue weighted by atomic mass is 35.5. The third-order valence-electron chi connectivity index (χ3n) is 3.38. The molecule has 0 aromatic heterocycles. The largest absolute Gasteiger partial charge is 0.484 e. The minimum atomic E-state index is -0.387. The van der Waals surface area contributed by atoms with Gasteiger partial charge in [-0.3, -0.25) is 15.0 Å². The summed E-state index contributed by atoms with van der Waals surface area (Å²) in [7, 11) is 0. The van der Waals surface area contributed by atoms with Crippen LogP contribution in [0, 0.1) is 0 Å². The minimum absolute atomic E-state index is 0.131. The standard InChI is InChI=1S/C17H15ClN2O3S/c18-13-6-8-14(9-7-13)23-10-15(21)19-20-16(22)11-24-17(20)12-4-2-1-3-5-12/h1-9,17H,10-11H2,(H,19,21). The number of amides is 2. The van der Waals surface area contributed by atoms with Gasteiger partial charge in [0.2, 0.25) is 0 Å². The molecule has 0 saturated carbocycles. The number of benzene rings is 2. The average Bonchev–Trinajstić information content (AvgIpc) is 2.96. The number of thioether (sulfide) groups is 1. The molecule has 24 heavy (non-hydrogen) atoms. The number of hydrogen-bond acceptors (Lipinski definition) is 4. The van der Waals surface area contributed by atoms with Gasteiger partial charge in [0.05, 0.1) is 5.75 Å². The Hall–Kier alpha value is -2.18. The summed E-state index contributed by atoms with van der Waals surface area (Å²) in [4.78, 5) is 24.1. The molecule has 7 heteroatoms. The van der Waals surface area contributed by atoms with Gasteiger partial charge in [-0.15, -0.1) is 11.8 Å². The Bertz CT molecular complexity index is 724. The molecule has 1 saturated heterocycles. The predicted molar refractivity (Wildman–Crippen MR) is 93.6 cm³/mol. The first kappa shape index (κ1) is 16.7. The lowest BCUT2D eigenvalue weighted by molar-refractivity contribution is -0.140. The topological polar surface area (TPSA) is 58.6 Å². The van der Waals surface area contributed by atoms with Gasteiger partial charge in [-0.25, -0.2) is 5.01 Å². The number of hydrogen-bond donors (Lipinski definition) is 1. The Balaban J connectivity index is 1.59. The Morgan fingerprint density at radius 3 is 2.62 bits per heavy atom. The molecular weight excluding hydrogens is 348 g/mol. The number of nitrogens with zero attached hydrogens (tertiary/aromatic N) is 1. The van der Waals surface area contributed by atoms with Gasteiger partial charge in [-0.2, -0.15) is 0 Å². The highest BCUT2D eigenvalue weighted by Gasteiger charge is 2.34. The molecule has 0 radical (unpaired) electrons. The van der Waals surface area contributed by atoms with E-state index in [4.69, 9.17) is 16.3 Å². The highest BCUT2D eigenvalue weighted by molar-refractivity contribution is 8.00. The number of rotatable bonds is 5. The van der Waals surface area contributed by atoms with Crippen LogP contribution < -0.4 is 10.2 Å². The van der Waals surface area contributed by atoms with Crippen LogP contribution in [-0.2, 0) is 9.59 Å². The summed E-state index contributed by atoms with van der Waals surface area (Å²) in [6.45, 7) is -0.183. The van der Waals surface area contributed by atoms with Crippen molar-refractivity contribution >= 4 is 35.2 Å². The van der Waals surface area contributed by atoms with Gasteiger partial charge in [0.25, 0.3) is 11.8 Å². The predicted octanol–water partition coefficient (Wildman–Crippen LogP) is 3.02. The number of ether oxygens (including phenoxy) is 1. The zero-order valence-electron chi connectivity index (χ0n) is 12.6. The second-order valence-electron chi connectivity index (χ2n) is 5.12. The monoisotopic (exact) mass is 362 g/mol. The lowest BCUT2D eigenvalue weighted by Crippen LogP contribution is -2.46. The lowest BCUT2D eigenvalue weighted by atomic mass is 10.2. The van der Waals surface area contributed by atoms with Gasteiger partial charge >= 0.3 is 0 Å². The Labute approximate surface area is 148 Å². The van der Waals surface area contributed by atoms with E-state index in [0.717, 1.165) is 5.56 Å². The van der Waals surface area contributed by atoms with Crippen molar-refractivity contribution in [2.75, 3.05) is 12.4 Å². The van der Waals surface area contributed by atoms with Crippen LogP contribution in [0.1, 0.15) is 10.9 Å². The minimum Gasteiger partial charge on any atom is -0.484 e. The number of halogens is 1. The first-order valence-corrected chi connectivity index (χ1v) is 8.72. The summed E-state index contributed by atoms with van der Waals surface area (Å²) >= 11 is 7.27. The van der Waals surface area contributed by atoms with Crippen LogP contribution in [0.5, 0.6) is 5.75 Å². The average molecular weight is 363 g/mol. The molecule has 1 N–H and O–H groups in total. The molecule has 1 atom stereocenters. The molecule has 2 aromatic carbocycles. The number of nitrogens with one attached hydrogen (secondary N) is 1. The van der Waals surface area contributed by atoms with E-state index in [1.54, 1.807) is 24.3 Å². The van der Waals surface area contributed by atoms with Crippen LogP contribution in [0.2, 0.25) is 5.02 Å². The van der Waals surface area contributed by atoms with Crippen molar-refractivity contribution in [3.63, 3.8) is 0 Å². The van der Waals surface area contributed by atoms with E-state index in [9.17, 15) is 9.59 Å². The van der Waals surface area contributed by atoms with E-state index >= 15 is 0 Å². The van der Waals surface area contributed by atoms with E-state index in [1.807, 2.05) is 30.3 Å². The number of carbonyl (C=O) groups is 2. The first-order valence-electron chi connectivity index (χ1n) is 7.30. The summed E-state index contributed by atoms with van der Waals surface area (Å²) in [6, 6.07) is 16.3. The van der Waals surface area contributed by atoms with Crippen molar-refractivity contribution in [2.24, 2.45) is 0 Å². The fraction of sp³-hybridized carbons (Fsp3) is 0.176. The first-order chi connectivity index (χ1) is 11.6. The Morgan fingerprint density at radius 1 is 1.21 bits per heavy atom. The SMILES string of the molecule is O=C(COc1ccc(Cl)cc1)NN1C(=O)CSC1c1ccccc1. The molecule has 1 unspecified atom stereocenters. The van der Waals surface area contributed by atoms with Crippen LogP contribution in [0.15, 0.2) is 54.6 Å². The van der Waals surface area contributed by atoms with Gasteiger partial charge in [0.1, 0.15) is 11.1 Å². The van der Waals surface area contributed by atoms with Crippen molar-refractivity contribution in [2.45, 2.75) is 5.37 Å². The number of carbonyl (C=O) groups excluding carboxylic acids is 2. The fourth-order valence-corrected chi connectivity index (χ4v) is 3.49. The van der Waals surface area contributed by atoms with Crippen LogP contribution >= 0.6 is 23.4 Å². The molecule has 2 aromatic rings. The molecule has 3 rings (SSSR count). The number of hydrazine groups is 1. The molecule has 2 amide bonds. The van der Waals surface area contributed by atoms with Crippen LogP contribution in [-0.4, -0.2) is 29.2 Å². The van der Waals surface area contributed by atoms with Gasteiger partial charge < -0.3 is 4.74 Å². The summed E-state index contributed by atoms with van der Waals surface area (Å²) in [6.07, 6.45) is 0. The Kier molecular flexibility index (Phi) is 5.27. The van der Waals surface area contributed by atoms with Crippen molar-refractivity contribution in [3.8, 4) is 5.75 Å². The van der Waals surface area contributed by atoms with E-state index in [0.29, 0.717) is 16.5 Å². The summed E-state index contributed by atoms with van der Waals surface area (Å²) in [5.41, 5.74) is 3.60. The molecule has 0 spiro atoms. The van der Waals surface area contributed by atoms with Crippen molar-refractivity contribution < 1.29 is 14.3 Å². The normalized spacial score (nSPS) is 17.0. The maximum Gasteiger partial charge on any atom is 0.276 e. The van der Waals surface area contributed by atoms with Crippen molar-refractivity contribution in [1.29, 1.82) is 0 Å². The maximum absolute atomic E-state index is 12.1. The van der Waals surface area contributed by atoms with Crippen LogP contribution in [0.25, 0.3) is 0 Å². The van der Waals surface area contributed by atoms with E-state index in [1.165, 1.54) is 16.8 Å². The zero-order valence-corrected chi connectivity index (χ0v) is 14.2. The molecule has 1 aliphatic heterocycles. The third-order valence-corrected chi connectivity index (χ3v) is 4.85. The summed E-state index contributed by atoms with van der Waals surface area (Å²) < 4.78 is 5.39. The Morgan fingerprint density at radius 2 is 1.92 bits per heavy atom. The molecule has 0 bridgehead atoms. The second-order valence-corrected chi connectivity index (χ2v) is 6.62. The quantitative estimate of drug-likeness (QED) is 0.888. The van der Waals surface area contributed by atoms with Crippen molar-refractivity contribution in [3.05, 3.63) is 65.2 Å². The third kappa shape index (κ3) is 4.01. The summed E-state index contributed by atoms with van der Waals surface area (Å²) in [5, 5.41) is 1.74. The van der Waals surface area contributed by atoms with E-state index in [2.05, 4.69) is 5.43 Å². The fourth-order valence-electron chi connectivity index (χ4n) is 2.26. The smallest absolute Gasteiger partial charge is 0.276 e. The van der Waals surface area contributed by atoms with Crippen LogP contribution in [0.4, 0.5) is 0 Å². The molecule has 124 valence electrons. The lowest BCUT2D eigenvalue weighted by Gasteiger charge is -2.24. The molecule has 1 heterocycles. The zero-order chi connectivity index (χ0) is 16.9. The van der Waals surface area contributed by atoms with Crippen molar-refractivity contribution in [1.82, 2.24) is 10.4 Å². The maximum atomic E-state index is 12.1. The molecular formula is C17H15ClN2O3S. The summed E-state index contributed by atoms with van der Waals surface area (Å²) in [5.74, 6) is 0.351. The van der Waals surface area contributed by atoms with Gasteiger partial charge in [-0.05, 0) is 29.8 Å². The van der Waals surface area contributed by atoms with Gasteiger partial charge in [0, 0.05) is 5.02 Å². The van der Waals surface area contributed by atoms with Gasteiger partial charge in [0.15, 0.2) is 6.61 Å². The van der Waals surface area contributed by atoms with E-state index in [-0.39, 0.29) is 23.8 Å². The van der Waals surface area contributed by atoms with Crippen LogP contribution in [0.3, 0.4) is 0 Å². The molecule has 0 aliphatic carbocycles. The van der Waals surface area contributed by atoms with Gasteiger partial charge in [-0.1, -0.05) is 41.9 Å². The highest BCUT2D eigenvalue weighted by Crippen LogP contribution is 2.36. The molecule has 1 aliphatic rings. The van der Waals surface area contributed by atoms with E-state index < -0.39 is 0 Å². The molecule has 5 nitrogen and oxygen atoms in total. The molecule has 1 fully saturated rings.